The van der Waals surface area contributed by atoms with Crippen LogP contribution in [-0.4, -0.2) is 22.1 Å². The molecule has 3 heteroatoms. The molecule has 0 amide bonds. The van der Waals surface area contributed by atoms with Crippen molar-refractivity contribution in [2.45, 2.75) is 6.10 Å². The van der Waals surface area contributed by atoms with Crippen LogP contribution < -0.4 is 0 Å². The zero-order valence-corrected chi connectivity index (χ0v) is 3.90. The molecule has 6 heavy (non-hydrogen) atoms. The molecule has 0 aromatic rings. The van der Waals surface area contributed by atoms with Crippen LogP contribution in [0.2, 0.25) is 0 Å². The third-order valence-corrected chi connectivity index (χ3v) is 1.72. The van der Waals surface area contributed by atoms with Crippen LogP contribution in [0.5, 0.6) is 0 Å². The van der Waals surface area contributed by atoms with E-state index in [1.807, 2.05) is 0 Å². The van der Waals surface area contributed by atoms with Crippen LogP contribution in [0.15, 0.2) is 0 Å². The van der Waals surface area contributed by atoms with E-state index in [4.69, 9.17) is 10.2 Å². The largest absolute Gasteiger partial charge is 0.388 e. The van der Waals surface area contributed by atoms with Crippen LogP contribution in [0.4, 0.5) is 0 Å². The van der Waals surface area contributed by atoms with Gasteiger partial charge in [0.2, 0.25) is 0 Å². The van der Waals surface area contributed by atoms with Gasteiger partial charge in [0.05, 0.1) is 0 Å². The van der Waals surface area contributed by atoms with Crippen molar-refractivity contribution in [1.29, 1.82) is 0 Å². The molecule has 0 saturated carbocycles. The minimum absolute atomic E-state index is 0.162. The van der Waals surface area contributed by atoms with Gasteiger partial charge in [0, 0.05) is 5.75 Å². The fourth-order valence-electron chi connectivity index (χ4n) is 0.232. The maximum atomic E-state index is 8.41. The Bertz CT molecular complexity index is 48.8. The summed E-state index contributed by atoms with van der Waals surface area (Å²) >= 11 is 1.29. The van der Waals surface area contributed by atoms with Crippen molar-refractivity contribution in [3.8, 4) is 0 Å². The Morgan fingerprint density at radius 1 is 1.83 bits per heavy atom. The summed E-state index contributed by atoms with van der Waals surface area (Å²) in [5.41, 5.74) is 0.162. The van der Waals surface area contributed by atoms with Gasteiger partial charge in [0.25, 0.3) is 0 Å². The molecule has 0 spiro atoms. The molecule has 1 rings (SSSR count). The highest BCUT2D eigenvalue weighted by Gasteiger charge is 2.28. The van der Waals surface area contributed by atoms with Crippen LogP contribution in [0.25, 0.3) is 0 Å². The molecule has 1 heterocycles. The molecule has 35 valence electrons. The molecule has 1 saturated heterocycles. The molecule has 2 nitrogen and oxygen atoms in total. The summed E-state index contributed by atoms with van der Waals surface area (Å²) in [6, 6.07) is 0. The van der Waals surface area contributed by atoms with Crippen LogP contribution >= 0.6 is 11.8 Å². The fourth-order valence-corrected chi connectivity index (χ4v) is 0.697. The molecule has 0 aromatic carbocycles. The van der Waals surface area contributed by atoms with Crippen molar-refractivity contribution in [1.82, 2.24) is 0 Å². The minimum atomic E-state index is -0.532. The Morgan fingerprint density at radius 3 is 2.33 bits per heavy atom. The minimum Gasteiger partial charge on any atom is -0.388 e. The monoisotopic (exact) mass is 105 g/mol. The highest BCUT2D eigenvalue weighted by Crippen LogP contribution is 2.32. The molecule has 1 atom stereocenters. The molecule has 0 aromatic heterocycles. The van der Waals surface area contributed by atoms with Gasteiger partial charge in [-0.1, -0.05) is 0 Å². The van der Waals surface area contributed by atoms with Crippen LogP contribution in [0.3, 0.4) is 0 Å². The van der Waals surface area contributed by atoms with Gasteiger partial charge in [-0.3, -0.25) is 0 Å². The summed E-state index contributed by atoms with van der Waals surface area (Å²) in [6.07, 6.45) is -0.532. The van der Waals surface area contributed by atoms with Gasteiger partial charge in [0.1, 0.15) is 6.10 Å². The van der Waals surface area contributed by atoms with Gasteiger partial charge in [-0.05, 0) is 0 Å². The average Bonchev–Trinajstić information content (AvgIpc) is 1.61. The van der Waals surface area contributed by atoms with Crippen molar-refractivity contribution in [3.63, 3.8) is 0 Å². The van der Waals surface area contributed by atoms with E-state index in [0.29, 0.717) is 5.75 Å². The zero-order chi connectivity index (χ0) is 4.57. The van der Waals surface area contributed by atoms with E-state index < -0.39 is 6.10 Å². The summed E-state index contributed by atoms with van der Waals surface area (Å²) < 4.78 is 0. The van der Waals surface area contributed by atoms with Crippen molar-refractivity contribution >= 4 is 11.8 Å². The standard InChI is InChI=1S/C3H5O2S/c4-2-1-6-3(2)5/h2,4-5H,1H2. The third kappa shape index (κ3) is 0.531. The predicted octanol–water partition coefficient (Wildman–Crippen LogP) is -0.0439. The maximum Gasteiger partial charge on any atom is 0.178 e. The molecule has 1 aliphatic heterocycles. The van der Waals surface area contributed by atoms with Gasteiger partial charge >= 0.3 is 0 Å². The van der Waals surface area contributed by atoms with Gasteiger partial charge in [0.15, 0.2) is 5.44 Å². The second kappa shape index (κ2) is 1.40. The lowest BCUT2D eigenvalue weighted by Gasteiger charge is -2.24. The van der Waals surface area contributed by atoms with E-state index in [1.54, 1.807) is 0 Å². The quantitative estimate of drug-likeness (QED) is 0.454. The first-order valence-electron chi connectivity index (χ1n) is 1.67. The summed E-state index contributed by atoms with van der Waals surface area (Å²) in [6.45, 7) is 0. The summed E-state index contributed by atoms with van der Waals surface area (Å²) in [7, 11) is 0. The lowest BCUT2D eigenvalue weighted by atomic mass is 10.4. The average molecular weight is 105 g/mol. The van der Waals surface area contributed by atoms with Crippen molar-refractivity contribution in [2.75, 3.05) is 5.75 Å². The van der Waals surface area contributed by atoms with Crippen molar-refractivity contribution in [3.05, 3.63) is 5.44 Å². The molecule has 0 aliphatic carbocycles. The second-order valence-electron chi connectivity index (χ2n) is 1.17. The Morgan fingerprint density at radius 2 is 2.33 bits per heavy atom. The SMILES string of the molecule is O[C]1SCC1O. The molecule has 0 bridgehead atoms. The van der Waals surface area contributed by atoms with Crippen LogP contribution in [-0.2, 0) is 0 Å². The Labute approximate surface area is 40.2 Å². The number of aliphatic hydroxyl groups is 2. The first-order valence-corrected chi connectivity index (χ1v) is 2.66. The Kier molecular flexibility index (Phi) is 1.04. The smallest absolute Gasteiger partial charge is 0.178 e. The lowest BCUT2D eigenvalue weighted by molar-refractivity contribution is 0.137. The summed E-state index contributed by atoms with van der Waals surface area (Å²) in [5, 5.41) is 16.8. The first-order chi connectivity index (χ1) is 2.80. The van der Waals surface area contributed by atoms with Crippen LogP contribution in [0.1, 0.15) is 0 Å². The number of hydrogen-bond donors (Lipinski definition) is 2. The normalized spacial score (nSPS) is 36.0. The Hall–Kier alpha value is 0.270. The fraction of sp³-hybridized carbons (Fsp3) is 0.667. The van der Waals surface area contributed by atoms with E-state index in [9.17, 15) is 0 Å². The predicted molar refractivity (Wildman–Crippen MR) is 23.6 cm³/mol. The van der Waals surface area contributed by atoms with Gasteiger partial charge in [-0.15, -0.1) is 11.8 Å². The zero-order valence-electron chi connectivity index (χ0n) is 3.09. The highest BCUT2D eigenvalue weighted by molar-refractivity contribution is 8.03. The molecular weight excluding hydrogens is 100 g/mol. The van der Waals surface area contributed by atoms with E-state index in [0.717, 1.165) is 0 Å². The molecule has 2 N–H and O–H groups in total. The first kappa shape index (κ1) is 4.43. The van der Waals surface area contributed by atoms with Crippen molar-refractivity contribution in [2.24, 2.45) is 0 Å². The number of thioether (sulfide) groups is 1. The Balaban J connectivity index is 2.20. The van der Waals surface area contributed by atoms with E-state index in [2.05, 4.69) is 0 Å². The van der Waals surface area contributed by atoms with Gasteiger partial charge in [-0.25, -0.2) is 0 Å². The lowest BCUT2D eigenvalue weighted by Crippen LogP contribution is -2.28. The summed E-state index contributed by atoms with van der Waals surface area (Å²) in [4.78, 5) is 0. The third-order valence-electron chi connectivity index (χ3n) is 0.674. The van der Waals surface area contributed by atoms with Crippen molar-refractivity contribution < 1.29 is 10.2 Å². The summed E-state index contributed by atoms with van der Waals surface area (Å²) in [5.74, 6) is 0.659. The van der Waals surface area contributed by atoms with E-state index in [-0.39, 0.29) is 5.44 Å². The van der Waals surface area contributed by atoms with Gasteiger partial charge in [-0.2, -0.15) is 0 Å². The molecule has 1 unspecified atom stereocenters. The van der Waals surface area contributed by atoms with Crippen LogP contribution in [0, 0.1) is 5.44 Å². The van der Waals surface area contributed by atoms with Gasteiger partial charge < -0.3 is 10.2 Å². The molecular formula is C3H5O2S. The molecule has 1 radical (unpaired) electrons. The molecule has 1 aliphatic rings. The number of aliphatic hydroxyl groups excluding tert-OH is 2. The van der Waals surface area contributed by atoms with E-state index >= 15 is 0 Å². The number of hydrogen-bond acceptors (Lipinski definition) is 3. The second-order valence-corrected chi connectivity index (χ2v) is 2.21. The number of rotatable bonds is 0. The van der Waals surface area contributed by atoms with E-state index in [1.165, 1.54) is 11.8 Å². The highest BCUT2D eigenvalue weighted by atomic mass is 32.2. The molecule has 1 fully saturated rings. The maximum absolute atomic E-state index is 8.41. The topological polar surface area (TPSA) is 40.5 Å².